The van der Waals surface area contributed by atoms with Crippen LogP contribution in [-0.2, 0) is 24.0 Å². The molecule has 120 valence electrons. The highest BCUT2D eigenvalue weighted by Crippen LogP contribution is 2.12. The zero-order chi connectivity index (χ0) is 16.7. The van der Waals surface area contributed by atoms with Crippen molar-refractivity contribution in [1.82, 2.24) is 4.90 Å². The van der Waals surface area contributed by atoms with Gasteiger partial charge in [0.2, 0.25) is 11.8 Å². The van der Waals surface area contributed by atoms with E-state index in [0.717, 1.165) is 4.90 Å². The summed E-state index contributed by atoms with van der Waals surface area (Å²) in [6, 6.07) is 0. The van der Waals surface area contributed by atoms with Crippen molar-refractivity contribution in [2.24, 2.45) is 17.4 Å². The minimum atomic E-state index is -1.18. The molecule has 1 unspecified atom stereocenters. The largest absolute Gasteiger partial charge is 0.370 e. The average Bonchev–Trinajstić information content (AvgIpc) is 2.75. The van der Waals surface area contributed by atoms with E-state index in [2.05, 4.69) is 0 Å². The molecule has 1 aliphatic heterocycles. The molecule has 0 aromatic rings. The predicted octanol–water partition coefficient (Wildman–Crippen LogP) is -0.982. The molecule has 1 atom stereocenters. The number of ketones is 1. The second kappa shape index (κ2) is 8.06. The van der Waals surface area contributed by atoms with Crippen LogP contribution in [0, 0.1) is 5.92 Å². The van der Waals surface area contributed by atoms with Crippen LogP contribution in [0.15, 0.2) is 12.2 Å². The first kappa shape index (κ1) is 17.5. The highest BCUT2D eigenvalue weighted by atomic mass is 16.2. The number of rotatable bonds is 10. The van der Waals surface area contributed by atoms with Crippen LogP contribution >= 0.6 is 0 Å². The smallest absolute Gasteiger partial charge is 0.253 e. The molecular formula is C14H19N3O5. The quantitative estimate of drug-likeness (QED) is 0.303. The van der Waals surface area contributed by atoms with Crippen molar-refractivity contribution in [2.75, 3.05) is 6.54 Å². The van der Waals surface area contributed by atoms with Gasteiger partial charge in [-0.25, -0.2) is 0 Å². The van der Waals surface area contributed by atoms with Gasteiger partial charge >= 0.3 is 0 Å². The monoisotopic (exact) mass is 309 g/mol. The first-order valence-electron chi connectivity index (χ1n) is 6.96. The summed E-state index contributed by atoms with van der Waals surface area (Å²) in [6.07, 6.45) is 3.79. The van der Waals surface area contributed by atoms with Crippen LogP contribution in [0.3, 0.4) is 0 Å². The maximum Gasteiger partial charge on any atom is 0.253 e. The number of unbranched alkanes of at least 4 members (excludes halogenated alkanes) is 2. The van der Waals surface area contributed by atoms with Gasteiger partial charge in [0.25, 0.3) is 11.8 Å². The summed E-state index contributed by atoms with van der Waals surface area (Å²) < 4.78 is 0. The van der Waals surface area contributed by atoms with E-state index in [4.69, 9.17) is 11.5 Å². The van der Waals surface area contributed by atoms with E-state index in [1.165, 1.54) is 12.2 Å². The van der Waals surface area contributed by atoms with Gasteiger partial charge in [0.1, 0.15) is 11.7 Å². The van der Waals surface area contributed by atoms with E-state index in [0.29, 0.717) is 25.8 Å². The topological polar surface area (TPSA) is 141 Å². The lowest BCUT2D eigenvalue weighted by atomic mass is 9.95. The SMILES string of the molecule is NC(=O)CC(C(N)=O)C(=O)CCCCCN1C(=O)C=CC1=O. The van der Waals surface area contributed by atoms with Crippen LogP contribution in [0.1, 0.15) is 32.1 Å². The van der Waals surface area contributed by atoms with Crippen molar-refractivity contribution in [3.8, 4) is 0 Å². The molecule has 1 aliphatic rings. The van der Waals surface area contributed by atoms with Crippen molar-refractivity contribution in [3.05, 3.63) is 12.2 Å². The van der Waals surface area contributed by atoms with Gasteiger partial charge in [-0.15, -0.1) is 0 Å². The third-order valence-corrected chi connectivity index (χ3v) is 3.34. The Morgan fingerprint density at radius 2 is 1.59 bits per heavy atom. The molecule has 0 spiro atoms. The van der Waals surface area contributed by atoms with Gasteiger partial charge in [-0.1, -0.05) is 6.42 Å². The molecule has 0 saturated heterocycles. The highest BCUT2D eigenvalue weighted by molar-refractivity contribution is 6.12. The summed E-state index contributed by atoms with van der Waals surface area (Å²) in [7, 11) is 0. The van der Waals surface area contributed by atoms with Gasteiger partial charge < -0.3 is 11.5 Å². The minimum absolute atomic E-state index is 0.0982. The third kappa shape index (κ3) is 5.12. The van der Waals surface area contributed by atoms with Crippen molar-refractivity contribution in [1.29, 1.82) is 0 Å². The van der Waals surface area contributed by atoms with Gasteiger partial charge in [0.15, 0.2) is 0 Å². The van der Waals surface area contributed by atoms with Crippen LogP contribution in [0.5, 0.6) is 0 Å². The number of hydrogen-bond acceptors (Lipinski definition) is 5. The molecule has 1 rings (SSSR count). The van der Waals surface area contributed by atoms with Gasteiger partial charge in [0.05, 0.1) is 0 Å². The number of carbonyl (C=O) groups excluding carboxylic acids is 5. The Balaban J connectivity index is 2.27. The predicted molar refractivity (Wildman–Crippen MR) is 75.8 cm³/mol. The van der Waals surface area contributed by atoms with Crippen molar-refractivity contribution >= 4 is 29.4 Å². The zero-order valence-corrected chi connectivity index (χ0v) is 12.1. The summed E-state index contributed by atoms with van der Waals surface area (Å²) in [5, 5.41) is 0. The lowest BCUT2D eigenvalue weighted by Crippen LogP contribution is -2.34. The van der Waals surface area contributed by atoms with E-state index < -0.39 is 23.5 Å². The Morgan fingerprint density at radius 1 is 1.00 bits per heavy atom. The minimum Gasteiger partial charge on any atom is -0.370 e. The molecule has 0 fully saturated rings. The molecule has 8 nitrogen and oxygen atoms in total. The normalized spacial score (nSPS) is 15.2. The number of imide groups is 1. The fourth-order valence-corrected chi connectivity index (χ4v) is 2.15. The molecule has 0 aromatic carbocycles. The third-order valence-electron chi connectivity index (χ3n) is 3.34. The van der Waals surface area contributed by atoms with Crippen molar-refractivity contribution in [3.63, 3.8) is 0 Å². The van der Waals surface area contributed by atoms with Crippen LogP contribution < -0.4 is 11.5 Å². The maximum atomic E-state index is 11.8. The molecule has 1 heterocycles. The number of carbonyl (C=O) groups is 5. The van der Waals surface area contributed by atoms with E-state index >= 15 is 0 Å². The van der Waals surface area contributed by atoms with Crippen molar-refractivity contribution < 1.29 is 24.0 Å². The molecular weight excluding hydrogens is 290 g/mol. The number of primary amides is 2. The molecule has 0 radical (unpaired) electrons. The van der Waals surface area contributed by atoms with Gasteiger partial charge in [-0.3, -0.25) is 28.9 Å². The second-order valence-electron chi connectivity index (χ2n) is 5.06. The number of amides is 4. The molecule has 4 amide bonds. The maximum absolute atomic E-state index is 11.8. The summed E-state index contributed by atoms with van der Waals surface area (Å²) >= 11 is 0. The van der Waals surface area contributed by atoms with E-state index in [9.17, 15) is 24.0 Å². The number of nitrogens with zero attached hydrogens (tertiary/aromatic N) is 1. The standard InChI is InChI=1S/C14H19N3O5/c15-11(19)8-9(14(16)22)10(18)4-2-1-3-7-17-12(20)5-6-13(17)21/h5-6,9H,1-4,7-8H2,(H2,15,19)(H2,16,22). The fraction of sp³-hybridized carbons (Fsp3) is 0.500. The molecule has 8 heteroatoms. The van der Waals surface area contributed by atoms with E-state index in [-0.39, 0.29) is 24.7 Å². The van der Waals surface area contributed by atoms with Crippen LogP contribution in [0.2, 0.25) is 0 Å². The summed E-state index contributed by atoms with van der Waals surface area (Å²) in [5.41, 5.74) is 10.0. The van der Waals surface area contributed by atoms with E-state index in [1.54, 1.807) is 0 Å². The second-order valence-corrected chi connectivity index (χ2v) is 5.06. The van der Waals surface area contributed by atoms with Crippen molar-refractivity contribution in [2.45, 2.75) is 32.1 Å². The molecule has 22 heavy (non-hydrogen) atoms. The van der Waals surface area contributed by atoms with Gasteiger partial charge in [-0.05, 0) is 12.8 Å². The first-order valence-corrected chi connectivity index (χ1v) is 6.96. The molecule has 0 bridgehead atoms. The van der Waals surface area contributed by atoms with Crippen LogP contribution in [0.4, 0.5) is 0 Å². The molecule has 4 N–H and O–H groups in total. The summed E-state index contributed by atoms with van der Waals surface area (Å²) in [4.78, 5) is 57.4. The molecule has 0 aliphatic carbocycles. The molecule has 0 saturated carbocycles. The Morgan fingerprint density at radius 3 is 2.09 bits per heavy atom. The highest BCUT2D eigenvalue weighted by Gasteiger charge is 2.26. The van der Waals surface area contributed by atoms with Gasteiger partial charge in [-0.2, -0.15) is 0 Å². The Kier molecular flexibility index (Phi) is 6.43. The Bertz CT molecular complexity index is 509. The lowest BCUT2D eigenvalue weighted by molar-refractivity contribution is -0.137. The van der Waals surface area contributed by atoms with Crippen LogP contribution in [-0.4, -0.2) is 40.9 Å². The Labute approximate surface area is 127 Å². The van der Waals surface area contributed by atoms with Gasteiger partial charge in [0, 0.05) is 31.5 Å². The molecule has 0 aromatic heterocycles. The fourth-order valence-electron chi connectivity index (χ4n) is 2.15. The van der Waals surface area contributed by atoms with Crippen LogP contribution in [0.25, 0.3) is 0 Å². The zero-order valence-electron chi connectivity index (χ0n) is 12.1. The van der Waals surface area contributed by atoms with E-state index in [1.807, 2.05) is 0 Å². The number of Topliss-reactive ketones (excluding diaryl/α,β-unsaturated/α-hetero) is 1. The summed E-state index contributed by atoms with van der Waals surface area (Å²) in [5.74, 6) is -3.88. The average molecular weight is 309 g/mol. The summed E-state index contributed by atoms with van der Waals surface area (Å²) in [6.45, 7) is 0.291. The lowest BCUT2D eigenvalue weighted by Gasteiger charge is -2.13. The number of hydrogen-bond donors (Lipinski definition) is 2. The Hall–Kier alpha value is -2.51. The first-order chi connectivity index (χ1) is 10.3. The number of nitrogens with two attached hydrogens (primary N) is 2.